The van der Waals surface area contributed by atoms with Gasteiger partial charge < -0.3 is 15.1 Å². The Balaban J connectivity index is 1.42. The van der Waals surface area contributed by atoms with Crippen molar-refractivity contribution in [3.05, 3.63) is 57.9 Å². The Hall–Kier alpha value is -2.58. The van der Waals surface area contributed by atoms with Crippen LogP contribution < -0.4 is 0 Å². The number of aromatic nitrogens is 1. The first-order valence-corrected chi connectivity index (χ1v) is 11.0. The van der Waals surface area contributed by atoms with E-state index in [9.17, 15) is 23.8 Å². The summed E-state index contributed by atoms with van der Waals surface area (Å²) >= 11 is 0. The van der Waals surface area contributed by atoms with Crippen LogP contribution in [0, 0.1) is 30.9 Å². The van der Waals surface area contributed by atoms with Gasteiger partial charge in [-0.3, -0.25) is 14.7 Å². The number of carbonyl (C=O) groups excluding carboxylic acids is 1. The second kappa shape index (κ2) is 8.75. The van der Waals surface area contributed by atoms with Crippen LogP contribution in [0.4, 0.5) is 8.78 Å². The molecule has 2 saturated heterocycles. The van der Waals surface area contributed by atoms with Gasteiger partial charge in [-0.15, -0.1) is 0 Å². The molecule has 1 aromatic heterocycles. The van der Waals surface area contributed by atoms with Gasteiger partial charge in [0.25, 0.3) is 5.91 Å². The van der Waals surface area contributed by atoms with Crippen molar-refractivity contribution in [1.29, 1.82) is 0 Å². The zero-order valence-electron chi connectivity index (χ0n) is 18.5. The molecule has 0 radical (unpaired) electrons. The summed E-state index contributed by atoms with van der Waals surface area (Å²) in [6, 6.07) is 2.48. The van der Waals surface area contributed by atoms with Crippen LogP contribution in [0.2, 0.25) is 0 Å². The minimum Gasteiger partial charge on any atom is -0.506 e. The summed E-state index contributed by atoms with van der Waals surface area (Å²) in [5, 5.41) is 20.1. The number of aromatic hydroxyl groups is 1. The molecule has 4 rings (SSSR count). The molecule has 1 amide bonds. The van der Waals surface area contributed by atoms with Crippen molar-refractivity contribution < 1.29 is 23.8 Å². The summed E-state index contributed by atoms with van der Waals surface area (Å²) in [5.74, 6) is -2.06. The topological polar surface area (TPSA) is 76.9 Å². The predicted octanol–water partition coefficient (Wildman–Crippen LogP) is 3.30. The highest BCUT2D eigenvalue weighted by atomic mass is 19.1. The third kappa shape index (κ3) is 4.09. The van der Waals surface area contributed by atoms with E-state index in [1.54, 1.807) is 18.0 Å². The van der Waals surface area contributed by atoms with Crippen LogP contribution in [0.15, 0.2) is 18.3 Å². The maximum absolute atomic E-state index is 14.4. The van der Waals surface area contributed by atoms with E-state index in [2.05, 4.69) is 9.88 Å². The molecule has 2 aromatic rings. The minimum atomic E-state index is -0.822. The summed E-state index contributed by atoms with van der Waals surface area (Å²) < 4.78 is 28.6. The smallest absolute Gasteiger partial charge is 0.259 e. The maximum atomic E-state index is 14.4. The van der Waals surface area contributed by atoms with E-state index in [0.29, 0.717) is 36.5 Å². The van der Waals surface area contributed by atoms with Crippen molar-refractivity contribution >= 4 is 5.91 Å². The number of halogens is 2. The van der Waals surface area contributed by atoms with Crippen LogP contribution in [0.5, 0.6) is 5.75 Å². The fourth-order valence-electron chi connectivity index (χ4n) is 4.99. The van der Waals surface area contributed by atoms with E-state index in [1.807, 2.05) is 0 Å². The molecule has 1 spiro atoms. The van der Waals surface area contributed by atoms with Gasteiger partial charge in [0.2, 0.25) is 0 Å². The fourth-order valence-corrected chi connectivity index (χ4v) is 4.99. The summed E-state index contributed by atoms with van der Waals surface area (Å²) in [4.78, 5) is 20.7. The number of rotatable bonds is 4. The van der Waals surface area contributed by atoms with E-state index in [-0.39, 0.29) is 23.3 Å². The highest BCUT2D eigenvalue weighted by Crippen LogP contribution is 2.42. The first kappa shape index (κ1) is 22.6. The van der Waals surface area contributed by atoms with Crippen molar-refractivity contribution in [2.45, 2.75) is 46.3 Å². The highest BCUT2D eigenvalue weighted by Gasteiger charge is 2.42. The summed E-state index contributed by atoms with van der Waals surface area (Å²) in [6.45, 7) is 6.18. The van der Waals surface area contributed by atoms with E-state index >= 15 is 0 Å². The molecule has 172 valence electrons. The zero-order valence-corrected chi connectivity index (χ0v) is 18.5. The number of hydrogen-bond donors (Lipinski definition) is 2. The number of piperidine rings is 1. The summed E-state index contributed by atoms with van der Waals surface area (Å²) in [5.41, 5.74) is 1.69. The van der Waals surface area contributed by atoms with Crippen molar-refractivity contribution in [2.24, 2.45) is 5.41 Å². The Morgan fingerprint density at radius 2 is 1.84 bits per heavy atom. The number of aliphatic hydroxyl groups excluding tert-OH is 1. The van der Waals surface area contributed by atoms with Crippen LogP contribution in [0.25, 0.3) is 0 Å². The first-order valence-electron chi connectivity index (χ1n) is 11.0. The van der Waals surface area contributed by atoms with Gasteiger partial charge in [-0.25, -0.2) is 8.78 Å². The molecule has 1 aromatic carbocycles. The second-order valence-corrected chi connectivity index (χ2v) is 9.16. The van der Waals surface area contributed by atoms with Crippen LogP contribution in [-0.2, 0) is 13.2 Å². The molecule has 0 atom stereocenters. The molecule has 0 bridgehead atoms. The lowest BCUT2D eigenvalue weighted by Gasteiger charge is -2.39. The van der Waals surface area contributed by atoms with Gasteiger partial charge in [0.05, 0.1) is 12.3 Å². The molecule has 2 aliphatic rings. The number of nitrogens with zero attached hydrogens (tertiary/aromatic N) is 3. The quantitative estimate of drug-likeness (QED) is 0.755. The molecule has 2 N–H and O–H groups in total. The molecule has 0 unspecified atom stereocenters. The average molecular weight is 446 g/mol. The van der Waals surface area contributed by atoms with Crippen LogP contribution in [0.3, 0.4) is 0 Å². The van der Waals surface area contributed by atoms with Crippen LogP contribution in [0.1, 0.15) is 52.0 Å². The largest absolute Gasteiger partial charge is 0.506 e. The Bertz CT molecular complexity index is 1040. The second-order valence-electron chi connectivity index (χ2n) is 9.16. The van der Waals surface area contributed by atoms with E-state index in [0.717, 1.165) is 38.4 Å². The van der Waals surface area contributed by atoms with Gasteiger partial charge in [-0.2, -0.15) is 0 Å². The number of likely N-dealkylation sites (tertiary alicyclic amines) is 2. The van der Waals surface area contributed by atoms with Gasteiger partial charge in [-0.05, 0) is 56.7 Å². The van der Waals surface area contributed by atoms with Gasteiger partial charge in [-0.1, -0.05) is 6.07 Å². The summed E-state index contributed by atoms with van der Waals surface area (Å²) in [6.07, 6.45) is 4.09. The number of pyridine rings is 1. The fraction of sp³-hybridized carbons (Fsp3) is 0.500. The van der Waals surface area contributed by atoms with Crippen molar-refractivity contribution in [2.75, 3.05) is 26.2 Å². The SMILES string of the molecule is Cc1ccc(F)c(C(=O)N2CCC3(CCN(Cc4c(CO)cnc(C)c4O)C3)CC2)c1F. The molecule has 2 fully saturated rings. The highest BCUT2D eigenvalue weighted by molar-refractivity contribution is 5.95. The maximum Gasteiger partial charge on any atom is 0.259 e. The van der Waals surface area contributed by atoms with Gasteiger partial charge >= 0.3 is 0 Å². The van der Waals surface area contributed by atoms with E-state index < -0.39 is 23.1 Å². The Labute approximate surface area is 186 Å². The average Bonchev–Trinajstić information content (AvgIpc) is 3.17. The molecule has 2 aliphatic heterocycles. The molecule has 3 heterocycles. The van der Waals surface area contributed by atoms with E-state index in [4.69, 9.17) is 0 Å². The number of benzene rings is 1. The Kier molecular flexibility index (Phi) is 6.18. The predicted molar refractivity (Wildman–Crippen MR) is 115 cm³/mol. The van der Waals surface area contributed by atoms with Gasteiger partial charge in [0.15, 0.2) is 0 Å². The number of hydrogen-bond acceptors (Lipinski definition) is 5. The lowest BCUT2D eigenvalue weighted by Crippen LogP contribution is -2.44. The lowest BCUT2D eigenvalue weighted by molar-refractivity contribution is 0.0578. The van der Waals surface area contributed by atoms with Gasteiger partial charge in [0, 0.05) is 43.5 Å². The number of aliphatic hydroxyl groups is 1. The van der Waals surface area contributed by atoms with Crippen molar-refractivity contribution in [1.82, 2.24) is 14.8 Å². The molecular weight excluding hydrogens is 416 g/mol. The van der Waals surface area contributed by atoms with Crippen molar-refractivity contribution in [3.8, 4) is 5.75 Å². The molecule has 8 heteroatoms. The molecular formula is C24H29F2N3O3. The summed E-state index contributed by atoms with van der Waals surface area (Å²) in [7, 11) is 0. The molecule has 6 nitrogen and oxygen atoms in total. The molecule has 0 aliphatic carbocycles. The third-order valence-corrected chi connectivity index (χ3v) is 7.11. The number of aryl methyl sites for hydroxylation is 2. The standard InChI is InChI=1S/C24H29F2N3O3/c1-15-3-4-19(25)20(21(15)26)23(32)29-9-6-24(7-10-29)5-8-28(14-24)12-18-17(13-30)11-27-16(2)22(18)31/h3-4,11,30-31H,5-10,12-14H2,1-2H3. The van der Waals surface area contributed by atoms with Crippen LogP contribution in [-0.4, -0.2) is 57.1 Å². The Morgan fingerprint density at radius 3 is 2.53 bits per heavy atom. The number of amides is 1. The van der Waals surface area contributed by atoms with E-state index in [1.165, 1.54) is 13.0 Å². The Morgan fingerprint density at radius 1 is 1.16 bits per heavy atom. The van der Waals surface area contributed by atoms with Crippen molar-refractivity contribution in [3.63, 3.8) is 0 Å². The molecule has 32 heavy (non-hydrogen) atoms. The third-order valence-electron chi connectivity index (χ3n) is 7.11. The molecule has 0 saturated carbocycles. The van der Waals surface area contributed by atoms with Gasteiger partial charge in [0.1, 0.15) is 22.9 Å². The first-order chi connectivity index (χ1) is 15.2. The monoisotopic (exact) mass is 445 g/mol. The normalized spacial score (nSPS) is 18.5. The van der Waals surface area contributed by atoms with Crippen LogP contribution >= 0.6 is 0 Å². The number of carbonyl (C=O) groups is 1. The minimum absolute atomic E-state index is 0.0392. The zero-order chi connectivity index (χ0) is 23.0. The lowest BCUT2D eigenvalue weighted by atomic mass is 9.77.